The number of nitrogens with zero attached hydrogens (tertiary/aromatic N) is 3. The first-order valence-electron chi connectivity index (χ1n) is 6.38. The van der Waals surface area contributed by atoms with Crippen molar-refractivity contribution in [2.24, 2.45) is 0 Å². The van der Waals surface area contributed by atoms with E-state index in [4.69, 9.17) is 9.84 Å². The van der Waals surface area contributed by atoms with E-state index in [1.54, 1.807) is 0 Å². The minimum absolute atomic E-state index is 0.0115. The van der Waals surface area contributed by atoms with Crippen LogP contribution in [-0.4, -0.2) is 38.2 Å². The molecule has 0 amide bonds. The highest BCUT2D eigenvalue weighted by atomic mass is 32.2. The van der Waals surface area contributed by atoms with Gasteiger partial charge in [0.2, 0.25) is 0 Å². The summed E-state index contributed by atoms with van der Waals surface area (Å²) in [7, 11) is 0. The summed E-state index contributed by atoms with van der Waals surface area (Å²) in [5.41, 5.74) is -0.403. The summed E-state index contributed by atoms with van der Waals surface area (Å²) in [5, 5.41) is 17.8. The average molecular weight is 285 g/mol. The van der Waals surface area contributed by atoms with Gasteiger partial charge in [-0.2, -0.15) is 0 Å². The van der Waals surface area contributed by atoms with Gasteiger partial charge >= 0.3 is 5.97 Å². The van der Waals surface area contributed by atoms with Crippen LogP contribution in [0.5, 0.6) is 0 Å². The van der Waals surface area contributed by atoms with Crippen molar-refractivity contribution in [1.82, 2.24) is 14.8 Å². The first-order valence-corrected chi connectivity index (χ1v) is 7.36. The lowest BCUT2D eigenvalue weighted by molar-refractivity contribution is -0.133. The monoisotopic (exact) mass is 285 g/mol. The lowest BCUT2D eigenvalue weighted by Crippen LogP contribution is -2.26. The van der Waals surface area contributed by atoms with E-state index in [0.29, 0.717) is 5.16 Å². The van der Waals surface area contributed by atoms with Crippen molar-refractivity contribution < 1.29 is 14.6 Å². The van der Waals surface area contributed by atoms with Crippen molar-refractivity contribution in [2.75, 3.05) is 12.4 Å². The number of hydrogen-bond acceptors (Lipinski definition) is 5. The van der Waals surface area contributed by atoms with E-state index in [9.17, 15) is 4.79 Å². The van der Waals surface area contributed by atoms with Crippen LogP contribution in [-0.2, 0) is 15.1 Å². The van der Waals surface area contributed by atoms with E-state index in [-0.39, 0.29) is 11.8 Å². The number of carbonyl (C=O) groups is 1. The van der Waals surface area contributed by atoms with Crippen molar-refractivity contribution in [2.45, 2.75) is 50.4 Å². The Morgan fingerprint density at radius 2 is 2.32 bits per heavy atom. The number of ether oxygens (including phenoxy) is 1. The Bertz CT molecular complexity index is 467. The highest BCUT2D eigenvalue weighted by molar-refractivity contribution is 7.99. The van der Waals surface area contributed by atoms with Gasteiger partial charge in [0.1, 0.15) is 5.60 Å². The lowest BCUT2D eigenvalue weighted by Gasteiger charge is -2.25. The summed E-state index contributed by atoms with van der Waals surface area (Å²) in [4.78, 5) is 10.7. The van der Waals surface area contributed by atoms with Gasteiger partial charge in [-0.15, -0.1) is 10.2 Å². The molecule has 6 nitrogen and oxygen atoms in total. The predicted octanol–water partition coefficient (Wildman–Crippen LogP) is 2.06. The molecular weight excluding hydrogens is 266 g/mol. The molecule has 7 heteroatoms. The minimum Gasteiger partial charge on any atom is -0.481 e. The summed E-state index contributed by atoms with van der Waals surface area (Å²) in [6.07, 6.45) is 1.93. The standard InChI is InChI=1S/C12H19N3O3S/c1-8(2)15-10(12(3)5-4-6-18-12)13-14-11(15)19-7-9(16)17/h8H,4-7H2,1-3H3,(H,16,17). The Hall–Kier alpha value is -1.08. The maximum Gasteiger partial charge on any atom is 0.313 e. The largest absolute Gasteiger partial charge is 0.481 e. The summed E-state index contributed by atoms with van der Waals surface area (Å²) < 4.78 is 7.79. The Labute approximate surface area is 116 Å². The average Bonchev–Trinajstić information content (AvgIpc) is 2.93. The molecule has 2 heterocycles. The zero-order valence-electron chi connectivity index (χ0n) is 11.4. The number of hydrogen-bond donors (Lipinski definition) is 1. The highest BCUT2D eigenvalue weighted by Gasteiger charge is 2.38. The molecule has 0 saturated carbocycles. The fourth-order valence-electron chi connectivity index (χ4n) is 2.28. The van der Waals surface area contributed by atoms with Gasteiger partial charge in [0, 0.05) is 12.6 Å². The van der Waals surface area contributed by atoms with Gasteiger partial charge in [0.15, 0.2) is 11.0 Å². The number of thioether (sulfide) groups is 1. The zero-order chi connectivity index (χ0) is 14.0. The SMILES string of the molecule is CC(C)n1c(SCC(=O)O)nnc1C1(C)CCCO1. The van der Waals surface area contributed by atoms with Crippen molar-refractivity contribution in [3.8, 4) is 0 Å². The van der Waals surface area contributed by atoms with Gasteiger partial charge < -0.3 is 14.4 Å². The quantitative estimate of drug-likeness (QED) is 0.834. The van der Waals surface area contributed by atoms with E-state index < -0.39 is 11.6 Å². The molecule has 0 bridgehead atoms. The molecule has 1 atom stereocenters. The van der Waals surface area contributed by atoms with Crippen LogP contribution in [0.1, 0.15) is 45.5 Å². The molecule has 1 saturated heterocycles. The first kappa shape index (κ1) is 14.3. The second-order valence-corrected chi connectivity index (χ2v) is 6.08. The number of aliphatic carboxylic acids is 1. The van der Waals surface area contributed by atoms with Crippen LogP contribution in [0.4, 0.5) is 0 Å². The molecule has 0 aromatic carbocycles. The van der Waals surface area contributed by atoms with Crippen molar-refractivity contribution in [3.63, 3.8) is 0 Å². The van der Waals surface area contributed by atoms with Crippen molar-refractivity contribution in [3.05, 3.63) is 5.82 Å². The van der Waals surface area contributed by atoms with E-state index in [1.165, 1.54) is 11.8 Å². The maximum atomic E-state index is 10.7. The fraction of sp³-hybridized carbons (Fsp3) is 0.750. The zero-order valence-corrected chi connectivity index (χ0v) is 12.2. The molecule has 0 aliphatic carbocycles. The van der Waals surface area contributed by atoms with Crippen LogP contribution < -0.4 is 0 Å². The molecule has 1 N–H and O–H groups in total. The molecule has 0 spiro atoms. The van der Waals surface area contributed by atoms with Gasteiger partial charge in [-0.3, -0.25) is 4.79 Å². The van der Waals surface area contributed by atoms with Crippen molar-refractivity contribution >= 4 is 17.7 Å². The maximum absolute atomic E-state index is 10.7. The fourth-order valence-corrected chi connectivity index (χ4v) is 3.07. The molecule has 1 aromatic heterocycles. The second kappa shape index (κ2) is 5.50. The highest BCUT2D eigenvalue weighted by Crippen LogP contribution is 2.37. The molecule has 1 aromatic rings. The molecule has 1 unspecified atom stereocenters. The van der Waals surface area contributed by atoms with Crippen LogP contribution in [0.3, 0.4) is 0 Å². The van der Waals surface area contributed by atoms with Crippen LogP contribution >= 0.6 is 11.8 Å². The summed E-state index contributed by atoms with van der Waals surface area (Å²) in [6, 6.07) is 0.169. The van der Waals surface area contributed by atoms with Gasteiger partial charge in [-0.1, -0.05) is 11.8 Å². The minimum atomic E-state index is -0.854. The summed E-state index contributed by atoms with van der Waals surface area (Å²) >= 11 is 1.20. The number of aromatic nitrogens is 3. The Morgan fingerprint density at radius 1 is 1.58 bits per heavy atom. The van der Waals surface area contributed by atoms with E-state index in [0.717, 1.165) is 25.3 Å². The number of carboxylic acids is 1. The molecule has 19 heavy (non-hydrogen) atoms. The molecule has 2 rings (SSSR count). The molecular formula is C12H19N3O3S. The smallest absolute Gasteiger partial charge is 0.313 e. The van der Waals surface area contributed by atoms with Gasteiger partial charge in [-0.05, 0) is 33.6 Å². The normalized spacial score (nSPS) is 23.2. The van der Waals surface area contributed by atoms with E-state index in [2.05, 4.69) is 10.2 Å². The Morgan fingerprint density at radius 3 is 2.84 bits per heavy atom. The number of rotatable bonds is 5. The molecule has 1 aliphatic rings. The molecule has 1 aliphatic heterocycles. The second-order valence-electron chi connectivity index (χ2n) is 5.14. The third-order valence-corrected chi connectivity index (χ3v) is 4.13. The predicted molar refractivity (Wildman–Crippen MR) is 71.3 cm³/mol. The van der Waals surface area contributed by atoms with Crippen molar-refractivity contribution in [1.29, 1.82) is 0 Å². The van der Waals surface area contributed by atoms with E-state index >= 15 is 0 Å². The Balaban J connectivity index is 2.31. The van der Waals surface area contributed by atoms with Gasteiger partial charge in [0.05, 0.1) is 5.75 Å². The molecule has 106 valence electrons. The lowest BCUT2D eigenvalue weighted by atomic mass is 10.0. The first-order chi connectivity index (χ1) is 8.94. The van der Waals surface area contributed by atoms with Crippen LogP contribution in [0.25, 0.3) is 0 Å². The van der Waals surface area contributed by atoms with Gasteiger partial charge in [0.25, 0.3) is 0 Å². The molecule has 1 fully saturated rings. The topological polar surface area (TPSA) is 77.2 Å². The summed E-state index contributed by atoms with van der Waals surface area (Å²) in [6.45, 7) is 6.83. The van der Waals surface area contributed by atoms with E-state index in [1.807, 2.05) is 25.3 Å². The summed E-state index contributed by atoms with van der Waals surface area (Å²) in [5.74, 6) is -0.0660. The third-order valence-electron chi connectivity index (χ3n) is 3.20. The van der Waals surface area contributed by atoms with Crippen LogP contribution in [0, 0.1) is 0 Å². The third kappa shape index (κ3) is 2.92. The van der Waals surface area contributed by atoms with Gasteiger partial charge in [-0.25, -0.2) is 0 Å². The van der Waals surface area contributed by atoms with Crippen LogP contribution in [0.2, 0.25) is 0 Å². The van der Waals surface area contributed by atoms with Crippen LogP contribution in [0.15, 0.2) is 5.16 Å². The Kier molecular flexibility index (Phi) is 4.15. The number of carboxylic acid groups (broad SMARTS) is 1. The molecule has 0 radical (unpaired) electrons.